The van der Waals surface area contributed by atoms with Gasteiger partial charge in [-0.05, 0) is 37.6 Å². The second-order valence-electron chi connectivity index (χ2n) is 6.08. The van der Waals surface area contributed by atoms with Crippen molar-refractivity contribution in [1.29, 1.82) is 0 Å². The normalized spacial score (nSPS) is 34.1. The quantitative estimate of drug-likeness (QED) is 0.753. The summed E-state index contributed by atoms with van der Waals surface area (Å²) in [5, 5.41) is 0. The van der Waals surface area contributed by atoms with E-state index in [4.69, 9.17) is 4.74 Å². The molecule has 3 heteroatoms. The minimum atomic E-state index is 0.310. The van der Waals surface area contributed by atoms with E-state index in [9.17, 15) is 4.79 Å². The highest BCUT2D eigenvalue weighted by Crippen LogP contribution is 2.30. The molecule has 0 N–H and O–H groups in total. The van der Waals surface area contributed by atoms with Crippen molar-refractivity contribution in [2.75, 3.05) is 33.4 Å². The van der Waals surface area contributed by atoms with Gasteiger partial charge in [0, 0.05) is 32.5 Å². The molecule has 3 unspecified atom stereocenters. The van der Waals surface area contributed by atoms with Crippen molar-refractivity contribution in [2.45, 2.75) is 39.0 Å². The molecule has 2 aliphatic rings. The Morgan fingerprint density at radius 1 is 1.33 bits per heavy atom. The van der Waals surface area contributed by atoms with Crippen LogP contribution in [0.3, 0.4) is 0 Å². The molecule has 0 radical (unpaired) electrons. The first kappa shape index (κ1) is 14.0. The molecule has 2 fully saturated rings. The lowest BCUT2D eigenvalue weighted by Gasteiger charge is -2.30. The number of rotatable bonds is 5. The number of nitrogens with zero attached hydrogens (tertiary/aromatic N) is 1. The van der Waals surface area contributed by atoms with Gasteiger partial charge in [0.2, 0.25) is 0 Å². The summed E-state index contributed by atoms with van der Waals surface area (Å²) in [7, 11) is 1.78. The summed E-state index contributed by atoms with van der Waals surface area (Å²) >= 11 is 0. The molecule has 1 aliphatic heterocycles. The van der Waals surface area contributed by atoms with E-state index in [-0.39, 0.29) is 0 Å². The molecular weight excluding hydrogens is 226 g/mol. The Bertz CT molecular complexity index is 280. The second-order valence-corrected chi connectivity index (χ2v) is 6.08. The van der Waals surface area contributed by atoms with Crippen molar-refractivity contribution in [3.63, 3.8) is 0 Å². The van der Waals surface area contributed by atoms with Crippen LogP contribution in [-0.2, 0) is 9.53 Å². The first-order chi connectivity index (χ1) is 8.72. The summed E-state index contributed by atoms with van der Waals surface area (Å²) in [6, 6.07) is 0. The van der Waals surface area contributed by atoms with Gasteiger partial charge in [-0.1, -0.05) is 13.3 Å². The maximum absolute atomic E-state index is 12.0. The van der Waals surface area contributed by atoms with Gasteiger partial charge in [0.05, 0.1) is 6.61 Å². The average molecular weight is 253 g/mol. The number of carbonyl (C=O) groups is 1. The van der Waals surface area contributed by atoms with E-state index in [2.05, 4.69) is 11.8 Å². The number of ether oxygens (including phenoxy) is 1. The van der Waals surface area contributed by atoms with Gasteiger partial charge in [-0.25, -0.2) is 0 Å². The standard InChI is InChI=1S/C15H27NO2/c1-3-12-4-5-15(17)14(8-12)10-16-7-6-13(9-16)11-18-2/h12-14H,3-11H2,1-2H3. The van der Waals surface area contributed by atoms with Crippen molar-refractivity contribution >= 4 is 5.78 Å². The molecule has 0 aromatic heterocycles. The van der Waals surface area contributed by atoms with E-state index in [1.54, 1.807) is 7.11 Å². The first-order valence-corrected chi connectivity index (χ1v) is 7.47. The average Bonchev–Trinajstić information content (AvgIpc) is 2.80. The van der Waals surface area contributed by atoms with Crippen LogP contribution in [0.15, 0.2) is 0 Å². The van der Waals surface area contributed by atoms with Crippen molar-refractivity contribution < 1.29 is 9.53 Å². The molecule has 104 valence electrons. The van der Waals surface area contributed by atoms with Gasteiger partial charge in [-0.3, -0.25) is 4.79 Å². The number of hydrogen-bond donors (Lipinski definition) is 0. The van der Waals surface area contributed by atoms with Crippen LogP contribution in [0, 0.1) is 17.8 Å². The van der Waals surface area contributed by atoms with Crippen LogP contribution in [0.5, 0.6) is 0 Å². The van der Waals surface area contributed by atoms with Crippen LogP contribution in [0.1, 0.15) is 39.0 Å². The van der Waals surface area contributed by atoms with Crippen LogP contribution in [-0.4, -0.2) is 44.0 Å². The Labute approximate surface area is 111 Å². The zero-order valence-corrected chi connectivity index (χ0v) is 11.9. The number of likely N-dealkylation sites (tertiary alicyclic amines) is 1. The topological polar surface area (TPSA) is 29.5 Å². The maximum Gasteiger partial charge on any atom is 0.137 e. The van der Waals surface area contributed by atoms with E-state index in [0.29, 0.717) is 17.6 Å². The van der Waals surface area contributed by atoms with Gasteiger partial charge in [-0.2, -0.15) is 0 Å². The number of ketones is 1. The number of hydrogen-bond acceptors (Lipinski definition) is 3. The van der Waals surface area contributed by atoms with Crippen molar-refractivity contribution in [3.8, 4) is 0 Å². The third-order valence-corrected chi connectivity index (χ3v) is 4.70. The Hall–Kier alpha value is -0.410. The molecule has 1 aliphatic carbocycles. The molecule has 3 nitrogen and oxygen atoms in total. The third-order valence-electron chi connectivity index (χ3n) is 4.70. The smallest absolute Gasteiger partial charge is 0.137 e. The Kier molecular flexibility index (Phi) is 5.19. The number of Topliss-reactive ketones (excluding diaryl/α,β-unsaturated/α-hetero) is 1. The summed E-state index contributed by atoms with van der Waals surface area (Å²) in [5.74, 6) is 2.28. The SMILES string of the molecule is CCC1CCC(=O)C(CN2CCC(COC)C2)C1. The molecular formula is C15H27NO2. The monoisotopic (exact) mass is 253 g/mol. The number of carbonyl (C=O) groups excluding carboxylic acids is 1. The minimum Gasteiger partial charge on any atom is -0.384 e. The number of methoxy groups -OCH3 is 1. The summed E-state index contributed by atoms with van der Waals surface area (Å²) < 4.78 is 5.23. The van der Waals surface area contributed by atoms with E-state index in [1.165, 1.54) is 12.8 Å². The lowest BCUT2D eigenvalue weighted by molar-refractivity contribution is -0.126. The largest absolute Gasteiger partial charge is 0.384 e. The van der Waals surface area contributed by atoms with Crippen molar-refractivity contribution in [2.24, 2.45) is 17.8 Å². The minimum absolute atomic E-state index is 0.310. The maximum atomic E-state index is 12.0. The summed E-state index contributed by atoms with van der Waals surface area (Å²) in [5.41, 5.74) is 0. The predicted molar refractivity (Wildman–Crippen MR) is 72.6 cm³/mol. The van der Waals surface area contributed by atoms with E-state index in [0.717, 1.165) is 51.4 Å². The van der Waals surface area contributed by atoms with Crippen LogP contribution in [0.2, 0.25) is 0 Å². The molecule has 2 rings (SSSR count). The molecule has 0 bridgehead atoms. The molecule has 1 saturated heterocycles. The third kappa shape index (κ3) is 3.55. The summed E-state index contributed by atoms with van der Waals surface area (Å²) in [4.78, 5) is 14.5. The highest BCUT2D eigenvalue weighted by atomic mass is 16.5. The Morgan fingerprint density at radius 3 is 2.89 bits per heavy atom. The van der Waals surface area contributed by atoms with E-state index in [1.807, 2.05) is 0 Å². The van der Waals surface area contributed by atoms with E-state index >= 15 is 0 Å². The zero-order valence-electron chi connectivity index (χ0n) is 11.9. The zero-order chi connectivity index (χ0) is 13.0. The van der Waals surface area contributed by atoms with Gasteiger partial charge < -0.3 is 9.64 Å². The van der Waals surface area contributed by atoms with Crippen LogP contribution in [0.4, 0.5) is 0 Å². The van der Waals surface area contributed by atoms with Crippen LogP contribution < -0.4 is 0 Å². The molecule has 18 heavy (non-hydrogen) atoms. The lowest BCUT2D eigenvalue weighted by Crippen LogP contribution is -2.35. The van der Waals surface area contributed by atoms with Gasteiger partial charge in [0.15, 0.2) is 0 Å². The van der Waals surface area contributed by atoms with Gasteiger partial charge in [0.1, 0.15) is 5.78 Å². The van der Waals surface area contributed by atoms with Gasteiger partial charge in [-0.15, -0.1) is 0 Å². The van der Waals surface area contributed by atoms with E-state index < -0.39 is 0 Å². The molecule has 3 atom stereocenters. The highest BCUT2D eigenvalue weighted by molar-refractivity contribution is 5.81. The Balaban J connectivity index is 1.79. The summed E-state index contributed by atoms with van der Waals surface area (Å²) in [6.45, 7) is 6.38. The molecule has 0 aromatic carbocycles. The predicted octanol–water partition coefficient (Wildman–Crippen LogP) is 2.35. The molecule has 0 spiro atoms. The van der Waals surface area contributed by atoms with Gasteiger partial charge >= 0.3 is 0 Å². The molecule has 0 aromatic rings. The second kappa shape index (κ2) is 6.67. The molecule has 1 saturated carbocycles. The Morgan fingerprint density at radius 2 is 2.17 bits per heavy atom. The first-order valence-electron chi connectivity index (χ1n) is 7.47. The van der Waals surface area contributed by atoms with Crippen molar-refractivity contribution in [3.05, 3.63) is 0 Å². The lowest BCUT2D eigenvalue weighted by atomic mass is 9.79. The highest BCUT2D eigenvalue weighted by Gasteiger charge is 2.31. The van der Waals surface area contributed by atoms with Crippen molar-refractivity contribution in [1.82, 2.24) is 4.90 Å². The van der Waals surface area contributed by atoms with Crippen LogP contribution in [0.25, 0.3) is 0 Å². The summed E-state index contributed by atoms with van der Waals surface area (Å²) in [6.07, 6.45) is 5.53. The van der Waals surface area contributed by atoms with Gasteiger partial charge in [0.25, 0.3) is 0 Å². The van der Waals surface area contributed by atoms with Crippen LogP contribution >= 0.6 is 0 Å². The fourth-order valence-electron chi connectivity index (χ4n) is 3.51. The fraction of sp³-hybridized carbons (Fsp3) is 0.933. The fourth-order valence-corrected chi connectivity index (χ4v) is 3.51. The molecule has 0 amide bonds. The molecule has 1 heterocycles.